The molecule has 0 saturated heterocycles. The third kappa shape index (κ3) is 15.9. The van der Waals surface area contributed by atoms with Crippen LogP contribution in [0.15, 0.2) is 24.3 Å². The highest BCUT2D eigenvalue weighted by Crippen LogP contribution is 2.20. The molecule has 230 valence electrons. The van der Waals surface area contributed by atoms with Crippen LogP contribution in [0.5, 0.6) is 5.75 Å². The second kappa shape index (κ2) is 19.7. The number of ether oxygens (including phenoxy) is 2. The molecule has 0 radical (unpaired) electrons. The molecular formula is C30H46N2O9. The van der Waals surface area contributed by atoms with E-state index >= 15 is 0 Å². The minimum Gasteiger partial charge on any atom is -0.508 e. The standard InChI is InChI=1S/C30H46N2O9/c1-5-12-40-14-15-41-13-6-7-27(35)26(19-29(37)38)32-30(39)23(16-20(2)3)18-28(36)25(31-21(4)33)17-22-8-10-24(34)11-9-22/h8-11,20,23,25-26,34H,5-7,12-19H2,1-4H3,(H,31,33)(H,32,39)(H,37,38)/t23-,25-,26-/m0/s1. The molecule has 0 aliphatic heterocycles. The van der Waals surface area contributed by atoms with E-state index in [4.69, 9.17) is 9.47 Å². The number of carboxylic acid groups (broad SMARTS) is 1. The van der Waals surface area contributed by atoms with Crippen molar-refractivity contribution in [1.82, 2.24) is 10.6 Å². The number of carbonyl (C=O) groups excluding carboxylic acids is 4. The number of nitrogens with one attached hydrogen (secondary N) is 2. The van der Waals surface area contributed by atoms with E-state index in [0.29, 0.717) is 44.8 Å². The molecule has 0 unspecified atom stereocenters. The van der Waals surface area contributed by atoms with Gasteiger partial charge in [0, 0.05) is 38.9 Å². The van der Waals surface area contributed by atoms with Gasteiger partial charge in [-0.25, -0.2) is 0 Å². The summed E-state index contributed by atoms with van der Waals surface area (Å²) >= 11 is 0. The minimum atomic E-state index is -1.24. The molecule has 0 aliphatic carbocycles. The van der Waals surface area contributed by atoms with Gasteiger partial charge in [-0.15, -0.1) is 0 Å². The molecule has 0 spiro atoms. The maximum Gasteiger partial charge on any atom is 0.305 e. The molecule has 3 atom stereocenters. The Balaban J connectivity index is 2.87. The third-order valence-electron chi connectivity index (χ3n) is 6.23. The van der Waals surface area contributed by atoms with Crippen LogP contribution in [0.3, 0.4) is 0 Å². The van der Waals surface area contributed by atoms with E-state index in [1.54, 1.807) is 12.1 Å². The van der Waals surface area contributed by atoms with Gasteiger partial charge in [0.2, 0.25) is 11.8 Å². The number of hydrogen-bond acceptors (Lipinski definition) is 8. The quantitative estimate of drug-likeness (QED) is 0.151. The highest BCUT2D eigenvalue weighted by Gasteiger charge is 2.31. The Bertz CT molecular complexity index is 979. The Morgan fingerprint density at radius 1 is 0.854 bits per heavy atom. The van der Waals surface area contributed by atoms with Crippen LogP contribution in [0.4, 0.5) is 0 Å². The molecule has 11 heteroatoms. The first kappa shape index (κ1) is 35.7. The smallest absolute Gasteiger partial charge is 0.305 e. The number of phenols is 1. The maximum atomic E-state index is 13.3. The Hall–Kier alpha value is -3.31. The summed E-state index contributed by atoms with van der Waals surface area (Å²) in [6, 6.07) is 4.11. The first-order valence-corrected chi connectivity index (χ1v) is 14.2. The van der Waals surface area contributed by atoms with Crippen LogP contribution >= 0.6 is 0 Å². The van der Waals surface area contributed by atoms with Crippen molar-refractivity contribution in [3.8, 4) is 5.75 Å². The number of amides is 2. The van der Waals surface area contributed by atoms with Gasteiger partial charge in [0.05, 0.1) is 31.7 Å². The van der Waals surface area contributed by atoms with E-state index in [2.05, 4.69) is 10.6 Å². The number of rotatable bonds is 22. The number of aromatic hydroxyl groups is 1. The summed E-state index contributed by atoms with van der Waals surface area (Å²) in [4.78, 5) is 62.7. The molecule has 0 heterocycles. The number of carboxylic acids is 1. The highest BCUT2D eigenvalue weighted by molar-refractivity contribution is 5.95. The molecule has 0 bridgehead atoms. The maximum absolute atomic E-state index is 13.3. The Morgan fingerprint density at radius 3 is 2.05 bits per heavy atom. The molecule has 0 aliphatic rings. The summed E-state index contributed by atoms with van der Waals surface area (Å²) in [6.45, 7) is 8.86. The zero-order valence-corrected chi connectivity index (χ0v) is 24.6. The number of Topliss-reactive ketones (excluding diaryl/α,β-unsaturated/α-hetero) is 2. The average molecular weight is 579 g/mol. The Morgan fingerprint density at radius 2 is 1.49 bits per heavy atom. The van der Waals surface area contributed by atoms with Gasteiger partial charge in [0.25, 0.3) is 0 Å². The average Bonchev–Trinajstić information content (AvgIpc) is 2.89. The van der Waals surface area contributed by atoms with Gasteiger partial charge in [0.1, 0.15) is 5.75 Å². The Labute approximate surface area is 242 Å². The lowest BCUT2D eigenvalue weighted by Crippen LogP contribution is -2.47. The molecule has 4 N–H and O–H groups in total. The molecule has 41 heavy (non-hydrogen) atoms. The minimum absolute atomic E-state index is 0.0268. The van der Waals surface area contributed by atoms with Gasteiger partial charge in [-0.2, -0.15) is 0 Å². The van der Waals surface area contributed by atoms with Crippen molar-refractivity contribution in [3.63, 3.8) is 0 Å². The SMILES string of the molecule is CCCOCCOCCCC(=O)[C@H](CC(=O)O)NC(=O)[C@H](CC(=O)[C@H](Cc1ccc(O)cc1)NC(C)=O)CC(C)C. The lowest BCUT2D eigenvalue weighted by Gasteiger charge is -2.24. The highest BCUT2D eigenvalue weighted by atomic mass is 16.5. The molecule has 0 saturated carbocycles. The molecule has 1 aromatic rings. The molecular weight excluding hydrogens is 532 g/mol. The fourth-order valence-corrected chi connectivity index (χ4v) is 4.29. The van der Waals surface area contributed by atoms with Gasteiger partial charge in [-0.1, -0.05) is 32.9 Å². The number of carbonyl (C=O) groups is 5. The van der Waals surface area contributed by atoms with Crippen molar-refractivity contribution in [1.29, 1.82) is 0 Å². The van der Waals surface area contributed by atoms with Crippen LogP contribution in [0.25, 0.3) is 0 Å². The Kier molecular flexibility index (Phi) is 17.2. The first-order valence-electron chi connectivity index (χ1n) is 14.2. The van der Waals surface area contributed by atoms with Crippen LogP contribution in [-0.4, -0.2) is 78.1 Å². The number of ketones is 2. The van der Waals surface area contributed by atoms with E-state index in [1.165, 1.54) is 19.1 Å². The van der Waals surface area contributed by atoms with Crippen LogP contribution in [0.2, 0.25) is 0 Å². The second-order valence-electron chi connectivity index (χ2n) is 10.6. The summed E-state index contributed by atoms with van der Waals surface area (Å²) in [7, 11) is 0. The van der Waals surface area contributed by atoms with Crippen molar-refractivity contribution in [2.75, 3.05) is 26.4 Å². The van der Waals surface area contributed by atoms with Gasteiger partial charge in [-0.05, 0) is 49.3 Å². The molecule has 1 aromatic carbocycles. The third-order valence-corrected chi connectivity index (χ3v) is 6.23. The molecule has 11 nitrogen and oxygen atoms in total. The second-order valence-corrected chi connectivity index (χ2v) is 10.6. The van der Waals surface area contributed by atoms with Gasteiger partial charge in [-0.3, -0.25) is 24.0 Å². The van der Waals surface area contributed by atoms with Gasteiger partial charge in [0.15, 0.2) is 11.6 Å². The number of phenolic OH excluding ortho intramolecular Hbond substituents is 1. The van der Waals surface area contributed by atoms with Crippen molar-refractivity contribution in [2.24, 2.45) is 11.8 Å². The normalized spacial score (nSPS) is 13.3. The molecule has 1 rings (SSSR count). The zero-order valence-electron chi connectivity index (χ0n) is 24.6. The number of benzene rings is 1. The van der Waals surface area contributed by atoms with Crippen LogP contribution < -0.4 is 10.6 Å². The van der Waals surface area contributed by atoms with Crippen molar-refractivity contribution in [3.05, 3.63) is 29.8 Å². The van der Waals surface area contributed by atoms with Crippen LogP contribution in [0.1, 0.15) is 71.8 Å². The van der Waals surface area contributed by atoms with Crippen molar-refractivity contribution < 1.29 is 43.7 Å². The molecule has 0 fully saturated rings. The monoisotopic (exact) mass is 578 g/mol. The summed E-state index contributed by atoms with van der Waals surface area (Å²) < 4.78 is 10.8. The van der Waals surface area contributed by atoms with Gasteiger partial charge >= 0.3 is 5.97 Å². The summed E-state index contributed by atoms with van der Waals surface area (Å²) in [5.41, 5.74) is 0.712. The first-order chi connectivity index (χ1) is 19.4. The van der Waals surface area contributed by atoms with Crippen molar-refractivity contribution in [2.45, 2.75) is 84.7 Å². The largest absolute Gasteiger partial charge is 0.508 e. The molecule has 0 aromatic heterocycles. The number of hydrogen-bond donors (Lipinski definition) is 4. The van der Waals surface area contributed by atoms with Gasteiger partial charge < -0.3 is 30.3 Å². The predicted octanol–water partition coefficient (Wildman–Crippen LogP) is 2.81. The zero-order chi connectivity index (χ0) is 30.8. The van der Waals surface area contributed by atoms with Crippen molar-refractivity contribution >= 4 is 29.4 Å². The van der Waals surface area contributed by atoms with E-state index < -0.39 is 48.0 Å². The van der Waals surface area contributed by atoms with E-state index in [0.717, 1.165) is 6.42 Å². The topological polar surface area (TPSA) is 168 Å². The van der Waals surface area contributed by atoms with Crippen LogP contribution in [-0.2, 0) is 39.9 Å². The number of aliphatic carboxylic acids is 1. The van der Waals surface area contributed by atoms with E-state index in [-0.39, 0.29) is 36.7 Å². The summed E-state index contributed by atoms with van der Waals surface area (Å²) in [5.74, 6) is -3.74. The lowest BCUT2D eigenvalue weighted by molar-refractivity contribution is -0.141. The summed E-state index contributed by atoms with van der Waals surface area (Å²) in [5, 5.41) is 24.1. The fraction of sp³-hybridized carbons (Fsp3) is 0.633. The van der Waals surface area contributed by atoms with E-state index in [9.17, 15) is 34.2 Å². The van der Waals surface area contributed by atoms with Crippen LogP contribution in [0, 0.1) is 11.8 Å². The van der Waals surface area contributed by atoms with E-state index in [1.807, 2.05) is 20.8 Å². The predicted molar refractivity (Wildman–Crippen MR) is 152 cm³/mol. The fourth-order valence-electron chi connectivity index (χ4n) is 4.29. The lowest BCUT2D eigenvalue weighted by atomic mass is 9.88. The molecule has 2 amide bonds. The summed E-state index contributed by atoms with van der Waals surface area (Å²) in [6.07, 6.45) is 1.02.